The molecular weight excluding hydrogens is 188 g/mol. The van der Waals surface area contributed by atoms with Crippen molar-refractivity contribution in [2.75, 3.05) is 7.05 Å². The van der Waals surface area contributed by atoms with Gasteiger partial charge < -0.3 is 0 Å². The lowest BCUT2D eigenvalue weighted by Crippen LogP contribution is -2.45. The SMILES string of the molecule is CNNC(=O)C(C)(C)c1ccc(C)cc1. The molecule has 0 radical (unpaired) electrons. The average molecular weight is 206 g/mol. The van der Waals surface area contributed by atoms with Crippen molar-refractivity contribution in [1.82, 2.24) is 10.9 Å². The summed E-state index contributed by atoms with van der Waals surface area (Å²) >= 11 is 0. The van der Waals surface area contributed by atoms with Crippen LogP contribution in [0.15, 0.2) is 24.3 Å². The van der Waals surface area contributed by atoms with Gasteiger partial charge in [0.25, 0.3) is 0 Å². The lowest BCUT2D eigenvalue weighted by molar-refractivity contribution is -0.126. The summed E-state index contributed by atoms with van der Waals surface area (Å²) in [4.78, 5) is 11.8. The van der Waals surface area contributed by atoms with Crippen LogP contribution in [0.25, 0.3) is 0 Å². The van der Waals surface area contributed by atoms with Crippen molar-refractivity contribution in [2.24, 2.45) is 0 Å². The molecule has 0 aliphatic carbocycles. The number of hydrogen-bond donors (Lipinski definition) is 2. The van der Waals surface area contributed by atoms with Crippen LogP contribution in [0.4, 0.5) is 0 Å². The summed E-state index contributed by atoms with van der Waals surface area (Å²) in [6.45, 7) is 5.85. The molecule has 0 atom stereocenters. The highest BCUT2D eigenvalue weighted by Crippen LogP contribution is 2.23. The van der Waals surface area contributed by atoms with Gasteiger partial charge in [0.05, 0.1) is 5.41 Å². The molecule has 1 rings (SSSR count). The van der Waals surface area contributed by atoms with E-state index in [9.17, 15) is 4.79 Å². The molecule has 3 heteroatoms. The van der Waals surface area contributed by atoms with E-state index in [1.807, 2.05) is 45.0 Å². The van der Waals surface area contributed by atoms with Crippen molar-refractivity contribution in [3.63, 3.8) is 0 Å². The molecule has 1 aromatic carbocycles. The number of rotatable bonds is 3. The molecule has 1 amide bonds. The predicted molar refractivity (Wildman–Crippen MR) is 61.4 cm³/mol. The number of carbonyl (C=O) groups is 1. The Balaban J connectivity index is 2.94. The second kappa shape index (κ2) is 4.45. The number of carbonyl (C=O) groups excluding carboxylic acids is 1. The van der Waals surface area contributed by atoms with E-state index in [4.69, 9.17) is 0 Å². The Morgan fingerprint density at radius 2 is 1.73 bits per heavy atom. The molecule has 0 saturated heterocycles. The summed E-state index contributed by atoms with van der Waals surface area (Å²) in [5.74, 6) is -0.0335. The number of benzene rings is 1. The van der Waals surface area contributed by atoms with Crippen LogP contribution in [-0.4, -0.2) is 13.0 Å². The molecule has 0 heterocycles. The lowest BCUT2D eigenvalue weighted by Gasteiger charge is -2.23. The maximum atomic E-state index is 11.8. The Morgan fingerprint density at radius 1 is 1.20 bits per heavy atom. The van der Waals surface area contributed by atoms with Gasteiger partial charge in [-0.3, -0.25) is 10.2 Å². The van der Waals surface area contributed by atoms with E-state index < -0.39 is 5.41 Å². The predicted octanol–water partition coefficient (Wildman–Crippen LogP) is 1.52. The highest BCUT2D eigenvalue weighted by Gasteiger charge is 2.29. The number of aryl methyl sites for hydroxylation is 1. The van der Waals surface area contributed by atoms with Gasteiger partial charge in [0.1, 0.15) is 0 Å². The van der Waals surface area contributed by atoms with E-state index in [0.717, 1.165) is 5.56 Å². The van der Waals surface area contributed by atoms with Crippen molar-refractivity contribution < 1.29 is 4.79 Å². The highest BCUT2D eigenvalue weighted by atomic mass is 16.2. The molecule has 82 valence electrons. The minimum absolute atomic E-state index is 0.0335. The van der Waals surface area contributed by atoms with Crippen LogP contribution in [0.1, 0.15) is 25.0 Å². The van der Waals surface area contributed by atoms with E-state index in [-0.39, 0.29) is 5.91 Å². The minimum Gasteiger partial charge on any atom is -0.291 e. The third kappa shape index (κ3) is 2.57. The van der Waals surface area contributed by atoms with E-state index in [2.05, 4.69) is 10.9 Å². The van der Waals surface area contributed by atoms with Crippen LogP contribution in [0.2, 0.25) is 0 Å². The molecule has 0 unspecified atom stereocenters. The summed E-state index contributed by atoms with van der Waals surface area (Å²) in [6.07, 6.45) is 0. The summed E-state index contributed by atoms with van der Waals surface area (Å²) in [7, 11) is 1.68. The first-order chi connectivity index (χ1) is 6.98. The Labute approximate surface area is 90.9 Å². The van der Waals surface area contributed by atoms with Gasteiger partial charge >= 0.3 is 0 Å². The average Bonchev–Trinajstić information content (AvgIpc) is 2.18. The van der Waals surface area contributed by atoms with E-state index in [0.29, 0.717) is 0 Å². The molecule has 0 aliphatic rings. The Hall–Kier alpha value is -1.35. The number of amides is 1. The molecule has 15 heavy (non-hydrogen) atoms. The van der Waals surface area contributed by atoms with Crippen LogP contribution >= 0.6 is 0 Å². The van der Waals surface area contributed by atoms with Gasteiger partial charge in [-0.2, -0.15) is 0 Å². The number of hydrazine groups is 1. The van der Waals surface area contributed by atoms with Crippen LogP contribution in [-0.2, 0) is 10.2 Å². The fourth-order valence-corrected chi connectivity index (χ4v) is 1.37. The van der Waals surface area contributed by atoms with Gasteiger partial charge in [-0.15, -0.1) is 0 Å². The van der Waals surface area contributed by atoms with Gasteiger partial charge in [-0.1, -0.05) is 29.8 Å². The molecule has 0 aliphatic heterocycles. The second-order valence-corrected chi connectivity index (χ2v) is 4.20. The third-order valence-corrected chi connectivity index (χ3v) is 2.58. The summed E-state index contributed by atoms with van der Waals surface area (Å²) in [5.41, 5.74) is 6.96. The molecule has 0 spiro atoms. The first-order valence-corrected chi connectivity index (χ1v) is 5.03. The van der Waals surface area contributed by atoms with Crippen molar-refractivity contribution in [1.29, 1.82) is 0 Å². The van der Waals surface area contributed by atoms with Gasteiger partial charge in [0.15, 0.2) is 0 Å². The number of hydrogen-bond acceptors (Lipinski definition) is 2. The Kier molecular flexibility index (Phi) is 3.48. The van der Waals surface area contributed by atoms with Crippen LogP contribution in [0.3, 0.4) is 0 Å². The Morgan fingerprint density at radius 3 is 2.20 bits per heavy atom. The second-order valence-electron chi connectivity index (χ2n) is 4.20. The summed E-state index contributed by atoms with van der Waals surface area (Å²) in [5, 5.41) is 0. The summed E-state index contributed by atoms with van der Waals surface area (Å²) in [6, 6.07) is 8.02. The van der Waals surface area contributed by atoms with Gasteiger partial charge in [0.2, 0.25) is 5.91 Å². The van der Waals surface area contributed by atoms with Crippen LogP contribution in [0, 0.1) is 6.92 Å². The molecular formula is C12H18N2O. The quantitative estimate of drug-likeness (QED) is 0.736. The van der Waals surface area contributed by atoms with Gasteiger partial charge in [0, 0.05) is 7.05 Å². The highest BCUT2D eigenvalue weighted by molar-refractivity contribution is 5.86. The first-order valence-electron chi connectivity index (χ1n) is 5.03. The van der Waals surface area contributed by atoms with Crippen molar-refractivity contribution in [3.8, 4) is 0 Å². The third-order valence-electron chi connectivity index (χ3n) is 2.58. The maximum absolute atomic E-state index is 11.8. The zero-order valence-corrected chi connectivity index (χ0v) is 9.72. The van der Waals surface area contributed by atoms with Crippen LogP contribution < -0.4 is 10.9 Å². The zero-order valence-electron chi connectivity index (χ0n) is 9.72. The van der Waals surface area contributed by atoms with Gasteiger partial charge in [-0.25, -0.2) is 5.43 Å². The van der Waals surface area contributed by atoms with Crippen molar-refractivity contribution in [2.45, 2.75) is 26.2 Å². The molecule has 0 fully saturated rings. The molecule has 3 nitrogen and oxygen atoms in total. The maximum Gasteiger partial charge on any atom is 0.244 e. The van der Waals surface area contributed by atoms with E-state index in [1.54, 1.807) is 7.05 Å². The smallest absolute Gasteiger partial charge is 0.244 e. The van der Waals surface area contributed by atoms with Gasteiger partial charge in [-0.05, 0) is 26.3 Å². The fourth-order valence-electron chi connectivity index (χ4n) is 1.37. The normalized spacial score (nSPS) is 11.2. The zero-order chi connectivity index (χ0) is 11.5. The molecule has 0 bridgehead atoms. The van der Waals surface area contributed by atoms with E-state index >= 15 is 0 Å². The Bertz CT molecular complexity index is 341. The monoisotopic (exact) mass is 206 g/mol. The van der Waals surface area contributed by atoms with E-state index in [1.165, 1.54) is 5.56 Å². The standard InChI is InChI=1S/C12H18N2O/c1-9-5-7-10(8-6-9)12(2,3)11(15)14-13-4/h5-8,13H,1-4H3,(H,14,15). The molecule has 0 saturated carbocycles. The fraction of sp³-hybridized carbons (Fsp3) is 0.417. The van der Waals surface area contributed by atoms with Crippen molar-refractivity contribution >= 4 is 5.91 Å². The minimum atomic E-state index is -0.517. The molecule has 0 aromatic heterocycles. The first kappa shape index (κ1) is 11.7. The largest absolute Gasteiger partial charge is 0.291 e. The topological polar surface area (TPSA) is 41.1 Å². The lowest BCUT2D eigenvalue weighted by atomic mass is 9.83. The number of nitrogens with one attached hydrogen (secondary N) is 2. The summed E-state index contributed by atoms with van der Waals surface area (Å²) < 4.78 is 0. The van der Waals surface area contributed by atoms with Crippen LogP contribution in [0.5, 0.6) is 0 Å². The molecule has 1 aromatic rings. The molecule has 2 N–H and O–H groups in total. The van der Waals surface area contributed by atoms with Crippen molar-refractivity contribution in [3.05, 3.63) is 35.4 Å².